The van der Waals surface area contributed by atoms with E-state index in [2.05, 4.69) is 35.2 Å². The number of ether oxygens (including phenoxy) is 3. The molecule has 0 saturated heterocycles. The number of hydrazine groups is 1. The van der Waals surface area contributed by atoms with E-state index in [0.717, 1.165) is 11.6 Å². The van der Waals surface area contributed by atoms with Gasteiger partial charge in [0.25, 0.3) is 0 Å². The van der Waals surface area contributed by atoms with E-state index in [4.69, 9.17) is 9.47 Å². The lowest BCUT2D eigenvalue weighted by molar-refractivity contribution is -0.159. The van der Waals surface area contributed by atoms with E-state index in [1.165, 1.54) is 7.11 Å². The van der Waals surface area contributed by atoms with Gasteiger partial charge in [-0.1, -0.05) is 32.6 Å². The maximum atomic E-state index is 13.4. The summed E-state index contributed by atoms with van der Waals surface area (Å²) >= 11 is 0. The van der Waals surface area contributed by atoms with Gasteiger partial charge in [0.2, 0.25) is 0 Å². The monoisotopic (exact) mass is 490 g/mol. The molecule has 0 radical (unpaired) electrons. The van der Waals surface area contributed by atoms with Crippen LogP contribution >= 0.6 is 0 Å². The van der Waals surface area contributed by atoms with E-state index in [1.54, 1.807) is 18.2 Å². The van der Waals surface area contributed by atoms with Crippen molar-refractivity contribution >= 4 is 31.7 Å². The predicted octanol–water partition coefficient (Wildman–Crippen LogP) is 3.53. The first kappa shape index (κ1) is 25.6. The highest BCUT2D eigenvalue weighted by Crippen LogP contribution is 2.55. The summed E-state index contributed by atoms with van der Waals surface area (Å²) in [5, 5.41) is 10.2. The van der Waals surface area contributed by atoms with Crippen LogP contribution in [0.25, 0.3) is 5.57 Å². The van der Waals surface area contributed by atoms with Crippen LogP contribution in [-0.2, 0) is 23.8 Å². The van der Waals surface area contributed by atoms with Gasteiger partial charge in [-0.25, -0.2) is 10.2 Å². The van der Waals surface area contributed by atoms with Crippen molar-refractivity contribution in [2.24, 2.45) is 11.8 Å². The van der Waals surface area contributed by atoms with E-state index < -0.39 is 43.9 Å². The number of carbonyl (C=O) groups is 3. The minimum atomic E-state index is -1.41. The number of nitrogens with one attached hydrogen (secondary N) is 2. The highest BCUT2D eigenvalue weighted by atomic mass is 28.3. The summed E-state index contributed by atoms with van der Waals surface area (Å²) in [6.07, 6.45) is 0.319. The Balaban J connectivity index is 2.03. The van der Waals surface area contributed by atoms with Gasteiger partial charge in [0, 0.05) is 19.7 Å². The third kappa shape index (κ3) is 5.55. The minimum Gasteiger partial charge on any atom is -0.508 e. The molecule has 10 heteroatoms. The van der Waals surface area contributed by atoms with Crippen LogP contribution in [0.4, 0.5) is 4.79 Å². The van der Waals surface area contributed by atoms with Gasteiger partial charge in [-0.15, -0.1) is 0 Å². The maximum Gasteiger partial charge on any atom is 0.425 e. The summed E-state index contributed by atoms with van der Waals surface area (Å²) in [5.74, 6) is -3.01. The first-order valence-corrected chi connectivity index (χ1v) is 15.3. The summed E-state index contributed by atoms with van der Waals surface area (Å²) < 4.78 is 15.8. The number of methoxy groups -OCH3 is 1. The molecular weight excluding hydrogens is 456 g/mol. The molecule has 34 heavy (non-hydrogen) atoms. The van der Waals surface area contributed by atoms with Gasteiger partial charge in [-0.3, -0.25) is 15.0 Å². The Labute approximate surface area is 200 Å². The highest BCUT2D eigenvalue weighted by Gasteiger charge is 2.53. The Morgan fingerprint density at radius 3 is 2.47 bits per heavy atom. The SMILES string of the molecule is CCCOC(=O)[C@@H]1C2=C(NNC(=O)OC)CC(c3ccc(O)cc32)[C@H]1C(=O)OCC[Si](C)(C)C. The van der Waals surface area contributed by atoms with Crippen LogP contribution in [0.2, 0.25) is 25.7 Å². The van der Waals surface area contributed by atoms with E-state index in [1.807, 2.05) is 6.92 Å². The van der Waals surface area contributed by atoms with Crippen molar-refractivity contribution < 1.29 is 33.7 Å². The smallest absolute Gasteiger partial charge is 0.425 e. The summed E-state index contributed by atoms with van der Waals surface area (Å²) in [7, 11) is -0.172. The number of rotatable bonds is 9. The van der Waals surface area contributed by atoms with Gasteiger partial charge < -0.3 is 19.3 Å². The maximum absolute atomic E-state index is 13.4. The zero-order valence-corrected chi connectivity index (χ0v) is 21.4. The number of benzene rings is 1. The molecular formula is C24H34N2O7Si. The lowest BCUT2D eigenvalue weighted by Crippen LogP contribution is -2.48. The topological polar surface area (TPSA) is 123 Å². The number of phenols is 1. The standard InChI is InChI=1S/C24H34N2O7Si/c1-6-9-32-23(29)21-19-16-12-14(27)7-8-15(16)17(13-18(19)25-26-24(30)31-2)20(21)22(28)33-10-11-34(3,4)5/h7-8,12,17,20-21,25,27H,6,9-11,13H2,1-5H3,(H,26,30)/t17?,20-,21-/m1/s1. The normalized spacial score (nSPS) is 20.9. The van der Waals surface area contributed by atoms with Crippen molar-refractivity contribution in [1.29, 1.82) is 0 Å². The first-order valence-electron chi connectivity index (χ1n) is 11.6. The van der Waals surface area contributed by atoms with E-state index in [0.29, 0.717) is 36.3 Å². The average molecular weight is 491 g/mol. The number of hydrogen-bond donors (Lipinski definition) is 3. The van der Waals surface area contributed by atoms with Crippen LogP contribution in [0.1, 0.15) is 36.8 Å². The molecule has 9 nitrogen and oxygen atoms in total. The number of amides is 1. The van der Waals surface area contributed by atoms with E-state index in [-0.39, 0.29) is 12.4 Å². The Kier molecular flexibility index (Phi) is 7.91. The lowest BCUT2D eigenvalue weighted by Gasteiger charge is -2.44. The molecule has 0 fully saturated rings. The summed E-state index contributed by atoms with van der Waals surface area (Å²) in [5.41, 5.74) is 7.86. The first-order chi connectivity index (χ1) is 16.1. The molecule has 1 unspecified atom stereocenters. The largest absolute Gasteiger partial charge is 0.508 e. The second kappa shape index (κ2) is 10.5. The van der Waals surface area contributed by atoms with E-state index >= 15 is 0 Å². The molecule has 0 heterocycles. The molecule has 0 aliphatic heterocycles. The predicted molar refractivity (Wildman–Crippen MR) is 128 cm³/mol. The van der Waals surface area contributed by atoms with Crippen LogP contribution in [0.15, 0.2) is 23.9 Å². The van der Waals surface area contributed by atoms with Crippen LogP contribution in [0, 0.1) is 11.8 Å². The van der Waals surface area contributed by atoms with Gasteiger partial charge in [-0.2, -0.15) is 0 Å². The Morgan fingerprint density at radius 1 is 1.12 bits per heavy atom. The second-order valence-electron chi connectivity index (χ2n) is 9.87. The fourth-order valence-electron chi connectivity index (χ4n) is 4.50. The van der Waals surface area contributed by atoms with Crippen LogP contribution in [-0.4, -0.2) is 51.5 Å². The van der Waals surface area contributed by atoms with Crippen molar-refractivity contribution in [3.63, 3.8) is 0 Å². The Hall–Kier alpha value is -3.01. The van der Waals surface area contributed by atoms with Gasteiger partial charge >= 0.3 is 18.0 Å². The summed E-state index contributed by atoms with van der Waals surface area (Å²) in [6.45, 7) is 9.03. The molecule has 4 rings (SSSR count). The zero-order valence-electron chi connectivity index (χ0n) is 20.4. The van der Waals surface area contributed by atoms with Crippen molar-refractivity contribution in [1.82, 2.24) is 10.9 Å². The molecule has 2 bridgehead atoms. The quantitative estimate of drug-likeness (QED) is 0.208. The van der Waals surface area contributed by atoms with Crippen molar-refractivity contribution in [3.05, 3.63) is 35.0 Å². The fraction of sp³-hybridized carbons (Fsp3) is 0.542. The minimum absolute atomic E-state index is 0.0361. The molecule has 3 N–H and O–H groups in total. The molecule has 3 atom stereocenters. The average Bonchev–Trinajstić information content (AvgIpc) is 2.79. The molecule has 1 amide bonds. The molecule has 0 aromatic heterocycles. The molecule has 3 aliphatic carbocycles. The molecule has 3 aliphatic rings. The van der Waals surface area contributed by atoms with Gasteiger partial charge in [-0.05, 0) is 47.7 Å². The number of hydrogen-bond acceptors (Lipinski definition) is 8. The lowest BCUT2D eigenvalue weighted by atomic mass is 9.60. The zero-order chi connectivity index (χ0) is 25.0. The summed E-state index contributed by atoms with van der Waals surface area (Å²) in [6, 6.07) is 5.74. The Morgan fingerprint density at radius 2 is 1.82 bits per heavy atom. The number of carbonyl (C=O) groups excluding carboxylic acids is 3. The third-order valence-corrected chi connectivity index (χ3v) is 7.86. The van der Waals surface area contributed by atoms with Crippen LogP contribution in [0.3, 0.4) is 0 Å². The van der Waals surface area contributed by atoms with Gasteiger partial charge in [0.05, 0.1) is 32.2 Å². The molecule has 186 valence electrons. The third-order valence-electron chi connectivity index (χ3n) is 6.15. The highest BCUT2D eigenvalue weighted by molar-refractivity contribution is 6.76. The molecule has 0 saturated carbocycles. The molecule has 0 spiro atoms. The van der Waals surface area contributed by atoms with Gasteiger partial charge in [0.15, 0.2) is 0 Å². The van der Waals surface area contributed by atoms with Crippen molar-refractivity contribution in [2.45, 2.75) is 51.4 Å². The molecule has 1 aromatic rings. The number of aromatic hydroxyl groups is 1. The molecule has 1 aromatic carbocycles. The fourth-order valence-corrected chi connectivity index (χ4v) is 5.21. The van der Waals surface area contributed by atoms with Crippen molar-refractivity contribution in [2.75, 3.05) is 20.3 Å². The van der Waals surface area contributed by atoms with Crippen LogP contribution in [0.5, 0.6) is 5.75 Å². The number of esters is 2. The number of phenolic OH excluding ortho intramolecular Hbond substituents is 1. The second-order valence-corrected chi connectivity index (χ2v) is 15.5. The van der Waals surface area contributed by atoms with Gasteiger partial charge in [0.1, 0.15) is 5.75 Å². The Bertz CT molecular complexity index is 986. The number of fused-ring (bicyclic) bond motifs is 2. The summed E-state index contributed by atoms with van der Waals surface area (Å²) in [4.78, 5) is 38.3. The van der Waals surface area contributed by atoms with Crippen molar-refractivity contribution in [3.8, 4) is 5.75 Å². The van der Waals surface area contributed by atoms with E-state index in [9.17, 15) is 19.5 Å². The number of allylic oxidation sites excluding steroid dienone is 1. The van der Waals surface area contributed by atoms with Crippen LogP contribution < -0.4 is 10.9 Å².